The zero-order valence-electron chi connectivity index (χ0n) is 7.87. The smallest absolute Gasteiger partial charge is 0.0585 e. The molecule has 0 N–H and O–H groups in total. The van der Waals surface area contributed by atoms with Crippen LogP contribution in [0.4, 0.5) is 0 Å². The molecule has 0 aromatic heterocycles. The molecule has 1 atom stereocenters. The largest absolute Gasteiger partial charge is 0.165 e. The maximum absolute atomic E-state index is 6.23. The van der Waals surface area contributed by atoms with Gasteiger partial charge in [-0.15, -0.1) is 11.6 Å². The summed E-state index contributed by atoms with van der Waals surface area (Å²) >= 11 is 8.11. The lowest BCUT2D eigenvalue weighted by Crippen LogP contribution is -1.91. The van der Waals surface area contributed by atoms with Gasteiger partial charge in [0.25, 0.3) is 0 Å². The molecule has 0 aliphatic carbocycles. The molecule has 0 saturated heterocycles. The SMILES string of the molecule is CSCCCC(Cl)c1ccccc1. The molecular formula is C11H15ClS. The monoisotopic (exact) mass is 214 g/mol. The van der Waals surface area contributed by atoms with Gasteiger partial charge in [0.05, 0.1) is 5.38 Å². The second-order valence-corrected chi connectivity index (χ2v) is 4.53. The lowest BCUT2D eigenvalue weighted by Gasteiger charge is -2.08. The summed E-state index contributed by atoms with van der Waals surface area (Å²) in [5.74, 6) is 1.20. The van der Waals surface area contributed by atoms with Gasteiger partial charge in [0.15, 0.2) is 0 Å². The van der Waals surface area contributed by atoms with Crippen LogP contribution in [0.25, 0.3) is 0 Å². The van der Waals surface area contributed by atoms with Gasteiger partial charge in [-0.3, -0.25) is 0 Å². The molecule has 0 aliphatic heterocycles. The Morgan fingerprint density at radius 1 is 1.31 bits per heavy atom. The van der Waals surface area contributed by atoms with Gasteiger partial charge in [0.2, 0.25) is 0 Å². The minimum Gasteiger partial charge on any atom is -0.165 e. The van der Waals surface area contributed by atoms with Gasteiger partial charge in [-0.2, -0.15) is 11.8 Å². The van der Waals surface area contributed by atoms with Crippen LogP contribution in [-0.2, 0) is 0 Å². The Bertz CT molecular complexity index is 223. The van der Waals surface area contributed by atoms with Gasteiger partial charge >= 0.3 is 0 Å². The predicted molar refractivity (Wildman–Crippen MR) is 62.7 cm³/mol. The maximum atomic E-state index is 6.23. The Morgan fingerprint density at radius 2 is 2.00 bits per heavy atom. The van der Waals surface area contributed by atoms with Crippen LogP contribution < -0.4 is 0 Å². The van der Waals surface area contributed by atoms with E-state index in [9.17, 15) is 0 Å². The Hall–Kier alpha value is -0.140. The zero-order valence-corrected chi connectivity index (χ0v) is 9.44. The summed E-state index contributed by atoms with van der Waals surface area (Å²) < 4.78 is 0. The summed E-state index contributed by atoms with van der Waals surface area (Å²) in [5.41, 5.74) is 1.24. The van der Waals surface area contributed by atoms with Crippen molar-refractivity contribution in [2.75, 3.05) is 12.0 Å². The standard InChI is InChI=1S/C11H15ClS/c1-13-9-5-8-11(12)10-6-3-2-4-7-10/h2-4,6-7,11H,5,8-9H2,1H3. The topological polar surface area (TPSA) is 0 Å². The van der Waals surface area contributed by atoms with Crippen molar-refractivity contribution in [2.45, 2.75) is 18.2 Å². The first kappa shape index (κ1) is 10.9. The number of rotatable bonds is 5. The minimum atomic E-state index is 0.188. The Kier molecular flexibility index (Phi) is 5.33. The number of benzene rings is 1. The Balaban J connectivity index is 2.35. The van der Waals surface area contributed by atoms with E-state index in [1.54, 1.807) is 0 Å². The molecule has 1 aromatic rings. The molecule has 1 unspecified atom stereocenters. The number of thioether (sulfide) groups is 1. The first-order valence-corrected chi connectivity index (χ1v) is 6.35. The van der Waals surface area contributed by atoms with Gasteiger partial charge in [-0.25, -0.2) is 0 Å². The molecule has 1 rings (SSSR count). The number of alkyl halides is 1. The van der Waals surface area contributed by atoms with Gasteiger partial charge in [-0.05, 0) is 30.4 Å². The molecule has 0 amide bonds. The summed E-state index contributed by atoms with van der Waals surface area (Å²) in [6.45, 7) is 0. The summed E-state index contributed by atoms with van der Waals surface area (Å²) in [6.07, 6.45) is 4.41. The molecule has 72 valence electrons. The lowest BCUT2D eigenvalue weighted by atomic mass is 10.1. The minimum absolute atomic E-state index is 0.188. The van der Waals surface area contributed by atoms with E-state index in [2.05, 4.69) is 18.4 Å². The van der Waals surface area contributed by atoms with Crippen LogP contribution in [0, 0.1) is 0 Å². The molecule has 0 heterocycles. The van der Waals surface area contributed by atoms with Crippen LogP contribution in [0.15, 0.2) is 30.3 Å². The molecular weight excluding hydrogens is 200 g/mol. The van der Waals surface area contributed by atoms with E-state index < -0.39 is 0 Å². The summed E-state index contributed by atoms with van der Waals surface area (Å²) in [6, 6.07) is 10.3. The molecule has 0 saturated carbocycles. The van der Waals surface area contributed by atoms with Crippen molar-refractivity contribution in [1.82, 2.24) is 0 Å². The van der Waals surface area contributed by atoms with E-state index in [4.69, 9.17) is 11.6 Å². The lowest BCUT2D eigenvalue weighted by molar-refractivity contribution is 0.777. The molecule has 0 bridgehead atoms. The molecule has 0 radical (unpaired) electrons. The van der Waals surface area contributed by atoms with Crippen molar-refractivity contribution in [1.29, 1.82) is 0 Å². The molecule has 2 heteroatoms. The van der Waals surface area contributed by atoms with Crippen LogP contribution in [0.3, 0.4) is 0 Å². The highest BCUT2D eigenvalue weighted by atomic mass is 35.5. The first-order chi connectivity index (χ1) is 6.34. The van der Waals surface area contributed by atoms with Crippen LogP contribution in [0.1, 0.15) is 23.8 Å². The second-order valence-electron chi connectivity index (χ2n) is 3.01. The van der Waals surface area contributed by atoms with E-state index in [-0.39, 0.29) is 5.38 Å². The third kappa shape index (κ3) is 4.06. The second kappa shape index (κ2) is 6.33. The van der Waals surface area contributed by atoms with Gasteiger partial charge in [0.1, 0.15) is 0 Å². The average molecular weight is 215 g/mol. The predicted octanol–water partition coefficient (Wildman–Crippen LogP) is 4.11. The van der Waals surface area contributed by atoms with Crippen molar-refractivity contribution >= 4 is 23.4 Å². The van der Waals surface area contributed by atoms with Crippen LogP contribution >= 0.6 is 23.4 Å². The molecule has 0 fully saturated rings. The van der Waals surface area contributed by atoms with E-state index in [1.807, 2.05) is 30.0 Å². The quantitative estimate of drug-likeness (QED) is 0.525. The summed E-state index contributed by atoms with van der Waals surface area (Å²) in [7, 11) is 0. The Morgan fingerprint density at radius 3 is 2.62 bits per heavy atom. The highest BCUT2D eigenvalue weighted by Crippen LogP contribution is 2.25. The highest BCUT2D eigenvalue weighted by Gasteiger charge is 2.05. The maximum Gasteiger partial charge on any atom is 0.0585 e. The van der Waals surface area contributed by atoms with Crippen molar-refractivity contribution in [2.24, 2.45) is 0 Å². The summed E-state index contributed by atoms with van der Waals surface area (Å²) in [4.78, 5) is 0. The van der Waals surface area contributed by atoms with Gasteiger partial charge < -0.3 is 0 Å². The fourth-order valence-electron chi connectivity index (χ4n) is 1.24. The average Bonchev–Trinajstić information content (AvgIpc) is 2.19. The molecule has 0 nitrogen and oxygen atoms in total. The fraction of sp³-hybridized carbons (Fsp3) is 0.455. The van der Waals surface area contributed by atoms with E-state index in [0.717, 1.165) is 6.42 Å². The van der Waals surface area contributed by atoms with Gasteiger partial charge in [-0.1, -0.05) is 30.3 Å². The zero-order chi connectivity index (χ0) is 9.52. The molecule has 0 aliphatic rings. The van der Waals surface area contributed by atoms with Crippen molar-refractivity contribution < 1.29 is 0 Å². The summed E-state index contributed by atoms with van der Waals surface area (Å²) in [5, 5.41) is 0.188. The first-order valence-electron chi connectivity index (χ1n) is 4.52. The number of hydrogen-bond donors (Lipinski definition) is 0. The van der Waals surface area contributed by atoms with E-state index in [0.29, 0.717) is 0 Å². The Labute approximate surface area is 89.7 Å². The third-order valence-electron chi connectivity index (χ3n) is 1.97. The van der Waals surface area contributed by atoms with Gasteiger partial charge in [0, 0.05) is 0 Å². The van der Waals surface area contributed by atoms with Crippen LogP contribution in [0.5, 0.6) is 0 Å². The number of hydrogen-bond acceptors (Lipinski definition) is 1. The van der Waals surface area contributed by atoms with Crippen LogP contribution in [0.2, 0.25) is 0 Å². The highest BCUT2D eigenvalue weighted by molar-refractivity contribution is 7.98. The number of halogens is 1. The normalized spacial score (nSPS) is 12.8. The van der Waals surface area contributed by atoms with Crippen molar-refractivity contribution in [3.8, 4) is 0 Å². The molecule has 13 heavy (non-hydrogen) atoms. The van der Waals surface area contributed by atoms with E-state index >= 15 is 0 Å². The fourth-order valence-corrected chi connectivity index (χ4v) is 1.99. The van der Waals surface area contributed by atoms with E-state index in [1.165, 1.54) is 17.7 Å². The van der Waals surface area contributed by atoms with Crippen LogP contribution in [-0.4, -0.2) is 12.0 Å². The van der Waals surface area contributed by atoms with Crippen molar-refractivity contribution in [3.63, 3.8) is 0 Å². The van der Waals surface area contributed by atoms with Crippen molar-refractivity contribution in [3.05, 3.63) is 35.9 Å². The third-order valence-corrected chi connectivity index (χ3v) is 3.13. The molecule has 0 spiro atoms. The molecule has 1 aromatic carbocycles.